The lowest BCUT2D eigenvalue weighted by atomic mass is 10.1. The van der Waals surface area contributed by atoms with E-state index in [0.29, 0.717) is 5.69 Å². The minimum absolute atomic E-state index is 0.0691. The van der Waals surface area contributed by atoms with E-state index in [1.165, 1.54) is 37.4 Å². The summed E-state index contributed by atoms with van der Waals surface area (Å²) >= 11 is 0. The molecule has 0 aliphatic heterocycles. The molecular formula is C26H22N2O6S. The molecule has 0 heterocycles. The molecule has 0 fully saturated rings. The van der Waals surface area contributed by atoms with E-state index in [0.717, 1.165) is 16.3 Å². The van der Waals surface area contributed by atoms with Gasteiger partial charge in [0.25, 0.3) is 0 Å². The van der Waals surface area contributed by atoms with Crippen molar-refractivity contribution in [2.45, 2.75) is 11.8 Å². The van der Waals surface area contributed by atoms with E-state index in [-0.39, 0.29) is 21.9 Å². The second kappa shape index (κ2) is 9.86. The Hall–Kier alpha value is -4.37. The van der Waals surface area contributed by atoms with Gasteiger partial charge >= 0.3 is 22.1 Å². The number of nitrogens with one attached hydrogen (secondary N) is 2. The van der Waals surface area contributed by atoms with Crippen LogP contribution in [0.25, 0.3) is 10.8 Å². The minimum Gasteiger partial charge on any atom is -0.465 e. The number of amides is 2. The number of benzene rings is 4. The Balaban J connectivity index is 1.61. The summed E-state index contributed by atoms with van der Waals surface area (Å²) in [6.07, 6.45) is 0. The van der Waals surface area contributed by atoms with Gasteiger partial charge in [0.15, 0.2) is 5.75 Å². The number of urea groups is 1. The maximum Gasteiger partial charge on any atom is 0.341 e. The van der Waals surface area contributed by atoms with Crippen LogP contribution in [0.5, 0.6) is 5.75 Å². The highest BCUT2D eigenvalue weighted by Crippen LogP contribution is 2.28. The molecule has 0 unspecified atom stereocenters. The van der Waals surface area contributed by atoms with Crippen LogP contribution in [0.4, 0.5) is 16.2 Å². The number of fused-ring (bicyclic) bond motifs is 1. The fraction of sp³-hybridized carbons (Fsp3) is 0.0769. The lowest BCUT2D eigenvalue weighted by Gasteiger charge is -2.14. The molecule has 4 aromatic carbocycles. The summed E-state index contributed by atoms with van der Waals surface area (Å²) in [7, 11) is -3.08. The van der Waals surface area contributed by atoms with Crippen molar-refractivity contribution in [3.63, 3.8) is 0 Å². The maximum atomic E-state index is 12.8. The van der Waals surface area contributed by atoms with Crippen molar-refractivity contribution in [1.29, 1.82) is 0 Å². The predicted octanol–water partition coefficient (Wildman–Crippen LogP) is 5.35. The zero-order valence-electron chi connectivity index (χ0n) is 18.9. The van der Waals surface area contributed by atoms with Gasteiger partial charge in [-0.15, -0.1) is 0 Å². The lowest BCUT2D eigenvalue weighted by Crippen LogP contribution is -2.20. The molecule has 4 rings (SSSR count). The standard InChI is InChI=1S/C26H22N2O6S/c1-17-7-5-10-20(15-17)35(31,32)34-24-16-19(13-14-22(24)25(29)33-2)27-26(30)28-23-12-6-9-18-8-3-4-11-21(18)23/h3-16H,1-2H3,(H2,27,28,30). The van der Waals surface area contributed by atoms with Crippen LogP contribution in [0.15, 0.2) is 89.8 Å². The number of hydrogen-bond donors (Lipinski definition) is 2. The molecule has 0 aliphatic rings. The number of carbonyl (C=O) groups is 2. The van der Waals surface area contributed by atoms with Crippen molar-refractivity contribution < 1.29 is 26.9 Å². The molecule has 0 saturated carbocycles. The van der Waals surface area contributed by atoms with Gasteiger partial charge in [0.1, 0.15) is 10.5 Å². The van der Waals surface area contributed by atoms with E-state index in [1.807, 2.05) is 36.4 Å². The van der Waals surface area contributed by atoms with E-state index < -0.39 is 22.1 Å². The Morgan fingerprint density at radius 2 is 1.57 bits per heavy atom. The van der Waals surface area contributed by atoms with Gasteiger partial charge in [-0.2, -0.15) is 8.42 Å². The fourth-order valence-electron chi connectivity index (χ4n) is 3.50. The molecule has 0 saturated heterocycles. The summed E-state index contributed by atoms with van der Waals surface area (Å²) in [4.78, 5) is 24.8. The fourth-order valence-corrected chi connectivity index (χ4v) is 4.55. The zero-order chi connectivity index (χ0) is 25.0. The van der Waals surface area contributed by atoms with Crippen molar-refractivity contribution in [3.8, 4) is 5.75 Å². The molecule has 0 aliphatic carbocycles. The van der Waals surface area contributed by atoms with Crippen LogP contribution >= 0.6 is 0 Å². The molecular weight excluding hydrogens is 468 g/mol. The van der Waals surface area contributed by atoms with Crippen LogP contribution in [-0.2, 0) is 14.9 Å². The van der Waals surface area contributed by atoms with Gasteiger partial charge in [-0.25, -0.2) is 9.59 Å². The quantitative estimate of drug-likeness (QED) is 0.279. The normalized spacial score (nSPS) is 11.0. The van der Waals surface area contributed by atoms with Crippen molar-refractivity contribution in [2.75, 3.05) is 17.7 Å². The first kappa shape index (κ1) is 23.8. The van der Waals surface area contributed by atoms with Gasteiger partial charge in [-0.1, -0.05) is 48.5 Å². The third kappa shape index (κ3) is 5.42. The smallest absolute Gasteiger partial charge is 0.341 e. The van der Waals surface area contributed by atoms with Crippen LogP contribution in [0, 0.1) is 6.92 Å². The van der Waals surface area contributed by atoms with Gasteiger partial charge < -0.3 is 19.6 Å². The van der Waals surface area contributed by atoms with Crippen molar-refractivity contribution >= 4 is 44.3 Å². The van der Waals surface area contributed by atoms with Crippen LogP contribution in [0.1, 0.15) is 15.9 Å². The SMILES string of the molecule is COC(=O)c1ccc(NC(=O)Nc2cccc3ccccc23)cc1OS(=O)(=O)c1cccc(C)c1. The Kier molecular flexibility index (Phi) is 6.70. The molecule has 35 heavy (non-hydrogen) atoms. The van der Waals surface area contributed by atoms with Crippen LogP contribution in [0.3, 0.4) is 0 Å². The van der Waals surface area contributed by atoms with Gasteiger partial charge in [0.2, 0.25) is 0 Å². The van der Waals surface area contributed by atoms with Gasteiger partial charge in [-0.05, 0) is 48.2 Å². The first-order chi connectivity index (χ1) is 16.8. The molecule has 4 aromatic rings. The predicted molar refractivity (Wildman–Crippen MR) is 133 cm³/mol. The molecule has 8 nitrogen and oxygen atoms in total. The van der Waals surface area contributed by atoms with Crippen LogP contribution in [-0.4, -0.2) is 27.5 Å². The van der Waals surface area contributed by atoms with E-state index >= 15 is 0 Å². The number of methoxy groups -OCH3 is 1. The number of hydrogen-bond acceptors (Lipinski definition) is 6. The highest BCUT2D eigenvalue weighted by atomic mass is 32.2. The number of carbonyl (C=O) groups excluding carboxylic acids is 2. The molecule has 2 N–H and O–H groups in total. The van der Waals surface area contributed by atoms with Gasteiger partial charge in [-0.3, -0.25) is 0 Å². The van der Waals surface area contributed by atoms with Crippen molar-refractivity contribution in [1.82, 2.24) is 0 Å². The van der Waals surface area contributed by atoms with Gasteiger partial charge in [0, 0.05) is 17.1 Å². The second-order valence-electron chi connectivity index (χ2n) is 7.66. The zero-order valence-corrected chi connectivity index (χ0v) is 19.8. The molecule has 9 heteroatoms. The summed E-state index contributed by atoms with van der Waals surface area (Å²) in [5.41, 5.74) is 1.43. The molecule has 0 radical (unpaired) electrons. The Morgan fingerprint density at radius 3 is 2.34 bits per heavy atom. The molecule has 0 aromatic heterocycles. The van der Waals surface area contributed by atoms with Gasteiger partial charge in [0.05, 0.1) is 12.8 Å². The Labute approximate surface area is 202 Å². The summed E-state index contributed by atoms with van der Waals surface area (Å²) in [6.45, 7) is 1.75. The summed E-state index contributed by atoms with van der Waals surface area (Å²) in [5, 5.41) is 7.24. The van der Waals surface area contributed by atoms with E-state index in [1.54, 1.807) is 25.1 Å². The van der Waals surface area contributed by atoms with E-state index in [9.17, 15) is 18.0 Å². The largest absolute Gasteiger partial charge is 0.465 e. The van der Waals surface area contributed by atoms with Crippen molar-refractivity contribution in [2.24, 2.45) is 0 Å². The number of rotatable bonds is 6. The third-order valence-electron chi connectivity index (χ3n) is 5.16. The maximum absolute atomic E-state index is 12.8. The number of ether oxygens (including phenoxy) is 1. The highest BCUT2D eigenvalue weighted by Gasteiger charge is 2.22. The molecule has 178 valence electrons. The second-order valence-corrected chi connectivity index (χ2v) is 9.21. The Morgan fingerprint density at radius 1 is 0.829 bits per heavy atom. The summed E-state index contributed by atoms with van der Waals surface area (Å²) in [5.74, 6) is -1.06. The number of esters is 1. The molecule has 0 atom stereocenters. The topological polar surface area (TPSA) is 111 Å². The average Bonchev–Trinajstić information content (AvgIpc) is 2.84. The molecule has 2 amide bonds. The van der Waals surface area contributed by atoms with E-state index in [2.05, 4.69) is 10.6 Å². The Bertz CT molecular complexity index is 1530. The first-order valence-corrected chi connectivity index (χ1v) is 12.0. The minimum atomic E-state index is -4.25. The highest BCUT2D eigenvalue weighted by molar-refractivity contribution is 7.87. The van der Waals surface area contributed by atoms with Crippen LogP contribution < -0.4 is 14.8 Å². The third-order valence-corrected chi connectivity index (χ3v) is 6.39. The van der Waals surface area contributed by atoms with Crippen molar-refractivity contribution in [3.05, 3.63) is 96.1 Å². The van der Waals surface area contributed by atoms with E-state index in [4.69, 9.17) is 8.92 Å². The number of anilines is 2. The first-order valence-electron chi connectivity index (χ1n) is 10.6. The average molecular weight is 491 g/mol. The summed E-state index contributed by atoms with van der Waals surface area (Å²) < 4.78 is 35.7. The lowest BCUT2D eigenvalue weighted by molar-refractivity contribution is 0.0599. The van der Waals surface area contributed by atoms with Crippen LogP contribution in [0.2, 0.25) is 0 Å². The molecule has 0 spiro atoms. The number of aryl methyl sites for hydroxylation is 1. The summed E-state index contributed by atoms with van der Waals surface area (Å²) in [6, 6.07) is 22.8. The monoisotopic (exact) mass is 490 g/mol. The molecule has 0 bridgehead atoms.